The fraction of sp³-hybridized carbons (Fsp3) is 0.429. The Morgan fingerprint density at radius 3 is 2.64 bits per heavy atom. The molecule has 1 aliphatic rings. The highest BCUT2D eigenvalue weighted by Gasteiger charge is 2.26. The minimum absolute atomic E-state index is 0.647. The molecule has 0 amide bonds. The van der Waals surface area contributed by atoms with Gasteiger partial charge in [-0.2, -0.15) is 0 Å². The van der Waals surface area contributed by atoms with Crippen LogP contribution in [0.25, 0.3) is 0 Å². The van der Waals surface area contributed by atoms with Crippen molar-refractivity contribution in [1.29, 1.82) is 0 Å². The van der Waals surface area contributed by atoms with Gasteiger partial charge in [-0.1, -0.05) is 0 Å². The van der Waals surface area contributed by atoms with Crippen LogP contribution in [0.1, 0.15) is 24.3 Å². The summed E-state index contributed by atoms with van der Waals surface area (Å²) in [6.07, 6.45) is 4.45. The van der Waals surface area contributed by atoms with Gasteiger partial charge < -0.3 is 0 Å². The highest BCUT2D eigenvalue weighted by molar-refractivity contribution is 9.11. The fourth-order valence-electron chi connectivity index (χ4n) is 1.02. The van der Waals surface area contributed by atoms with Crippen molar-refractivity contribution in [2.24, 2.45) is 0 Å². The van der Waals surface area contributed by atoms with Crippen molar-refractivity contribution in [3.8, 4) is 0 Å². The third-order valence-electron chi connectivity index (χ3n) is 1.76. The smallest absolute Gasteiger partial charge is 0.197 e. The SMILES string of the molecule is Brc1ncc(C2CC2)c(Br)n1. The van der Waals surface area contributed by atoms with Crippen molar-refractivity contribution >= 4 is 31.9 Å². The Kier molecular flexibility index (Phi) is 1.97. The third-order valence-corrected chi connectivity index (χ3v) is 2.77. The van der Waals surface area contributed by atoms with Gasteiger partial charge in [0.25, 0.3) is 0 Å². The summed E-state index contributed by atoms with van der Waals surface area (Å²) in [6.45, 7) is 0. The van der Waals surface area contributed by atoms with Gasteiger partial charge in [-0.15, -0.1) is 0 Å². The lowest BCUT2D eigenvalue weighted by molar-refractivity contribution is 0.986. The van der Waals surface area contributed by atoms with E-state index in [1.807, 2.05) is 6.20 Å². The number of hydrogen-bond donors (Lipinski definition) is 0. The van der Waals surface area contributed by atoms with Crippen molar-refractivity contribution < 1.29 is 0 Å². The Hall–Kier alpha value is 0.0400. The van der Waals surface area contributed by atoms with Gasteiger partial charge in [0.2, 0.25) is 0 Å². The molecule has 58 valence electrons. The molecule has 1 aromatic rings. The van der Waals surface area contributed by atoms with Gasteiger partial charge in [0.05, 0.1) is 0 Å². The van der Waals surface area contributed by atoms with Crippen LogP contribution < -0.4 is 0 Å². The Balaban J connectivity index is 2.39. The van der Waals surface area contributed by atoms with E-state index in [9.17, 15) is 0 Å². The summed E-state index contributed by atoms with van der Waals surface area (Å²) in [5, 5.41) is 0. The lowest BCUT2D eigenvalue weighted by Crippen LogP contribution is -1.89. The number of rotatable bonds is 1. The van der Waals surface area contributed by atoms with Crippen LogP contribution in [0.15, 0.2) is 15.5 Å². The third kappa shape index (κ3) is 1.62. The molecular weight excluding hydrogens is 272 g/mol. The zero-order valence-electron chi connectivity index (χ0n) is 5.72. The van der Waals surface area contributed by atoms with Crippen LogP contribution in [0.3, 0.4) is 0 Å². The Bertz CT molecular complexity index is 284. The molecule has 0 N–H and O–H groups in total. The van der Waals surface area contributed by atoms with E-state index >= 15 is 0 Å². The van der Waals surface area contributed by atoms with Crippen LogP contribution >= 0.6 is 31.9 Å². The van der Waals surface area contributed by atoms with Crippen LogP contribution in [0.5, 0.6) is 0 Å². The van der Waals surface area contributed by atoms with Crippen LogP contribution in [0, 0.1) is 0 Å². The first kappa shape index (κ1) is 7.68. The molecule has 1 fully saturated rings. The summed E-state index contributed by atoms with van der Waals surface area (Å²) in [4.78, 5) is 8.23. The summed E-state index contributed by atoms with van der Waals surface area (Å²) < 4.78 is 1.58. The summed E-state index contributed by atoms with van der Waals surface area (Å²) >= 11 is 6.62. The summed E-state index contributed by atoms with van der Waals surface area (Å²) in [6, 6.07) is 0. The molecule has 0 radical (unpaired) electrons. The van der Waals surface area contributed by atoms with Crippen LogP contribution in [-0.4, -0.2) is 9.97 Å². The predicted octanol–water partition coefficient (Wildman–Crippen LogP) is 2.88. The first-order valence-corrected chi connectivity index (χ1v) is 5.04. The quantitative estimate of drug-likeness (QED) is 0.583. The van der Waals surface area contributed by atoms with Gasteiger partial charge in [0, 0.05) is 11.8 Å². The maximum Gasteiger partial charge on any atom is 0.197 e. The largest absolute Gasteiger partial charge is 0.230 e. The van der Waals surface area contributed by atoms with Crippen LogP contribution in [0.4, 0.5) is 0 Å². The lowest BCUT2D eigenvalue weighted by atomic mass is 10.2. The van der Waals surface area contributed by atoms with Crippen LogP contribution in [-0.2, 0) is 0 Å². The molecule has 1 aliphatic carbocycles. The average molecular weight is 278 g/mol. The van der Waals surface area contributed by atoms with Gasteiger partial charge in [-0.3, -0.25) is 0 Å². The zero-order valence-corrected chi connectivity index (χ0v) is 8.89. The predicted molar refractivity (Wildman–Crippen MR) is 49.4 cm³/mol. The Labute approximate surface area is 81.7 Å². The van der Waals surface area contributed by atoms with E-state index in [1.165, 1.54) is 18.4 Å². The molecule has 0 bridgehead atoms. The molecule has 0 atom stereocenters. The second kappa shape index (κ2) is 2.83. The Morgan fingerprint density at radius 1 is 1.36 bits per heavy atom. The standard InChI is InChI=1S/C7H6Br2N2/c8-6-5(4-1-2-4)3-10-7(9)11-6/h3-4H,1-2H2. The molecular formula is C7H6Br2N2. The molecule has 11 heavy (non-hydrogen) atoms. The fourth-order valence-corrected chi connectivity index (χ4v) is 2.13. The maximum atomic E-state index is 4.16. The monoisotopic (exact) mass is 276 g/mol. The molecule has 0 unspecified atom stereocenters. The van der Waals surface area contributed by atoms with Crippen molar-refractivity contribution in [2.45, 2.75) is 18.8 Å². The molecule has 1 aromatic heterocycles. The first-order valence-electron chi connectivity index (χ1n) is 3.45. The first-order chi connectivity index (χ1) is 5.27. The maximum absolute atomic E-state index is 4.16. The van der Waals surface area contributed by atoms with Gasteiger partial charge in [-0.05, 0) is 50.6 Å². The van der Waals surface area contributed by atoms with E-state index in [0.717, 1.165) is 4.60 Å². The van der Waals surface area contributed by atoms with E-state index < -0.39 is 0 Å². The van der Waals surface area contributed by atoms with E-state index in [0.29, 0.717) is 10.7 Å². The molecule has 1 heterocycles. The molecule has 0 saturated heterocycles. The average Bonchev–Trinajstić information content (AvgIpc) is 2.70. The van der Waals surface area contributed by atoms with E-state index in [1.54, 1.807) is 0 Å². The highest BCUT2D eigenvalue weighted by atomic mass is 79.9. The molecule has 2 nitrogen and oxygen atoms in total. The number of aromatic nitrogens is 2. The molecule has 2 rings (SSSR count). The molecule has 4 heteroatoms. The van der Waals surface area contributed by atoms with Crippen molar-refractivity contribution in [3.05, 3.63) is 21.1 Å². The zero-order chi connectivity index (χ0) is 7.84. The summed E-state index contributed by atoms with van der Waals surface area (Å²) in [7, 11) is 0. The molecule has 0 spiro atoms. The second-order valence-electron chi connectivity index (χ2n) is 2.66. The normalized spacial score (nSPS) is 16.9. The van der Waals surface area contributed by atoms with E-state index in [2.05, 4.69) is 41.8 Å². The summed E-state index contributed by atoms with van der Waals surface area (Å²) in [5.41, 5.74) is 1.24. The number of hydrogen-bond acceptors (Lipinski definition) is 2. The Morgan fingerprint density at radius 2 is 2.09 bits per heavy atom. The second-order valence-corrected chi connectivity index (χ2v) is 4.12. The van der Waals surface area contributed by atoms with Crippen molar-refractivity contribution in [1.82, 2.24) is 9.97 Å². The molecule has 1 saturated carbocycles. The highest BCUT2D eigenvalue weighted by Crippen LogP contribution is 2.42. The van der Waals surface area contributed by atoms with Gasteiger partial charge in [0.1, 0.15) is 4.60 Å². The topological polar surface area (TPSA) is 25.8 Å². The minimum atomic E-state index is 0.647. The van der Waals surface area contributed by atoms with Gasteiger partial charge in [0.15, 0.2) is 4.73 Å². The van der Waals surface area contributed by atoms with Crippen LogP contribution in [0.2, 0.25) is 0 Å². The number of halogens is 2. The number of nitrogens with zero attached hydrogens (tertiary/aromatic N) is 2. The van der Waals surface area contributed by atoms with E-state index in [4.69, 9.17) is 0 Å². The van der Waals surface area contributed by atoms with E-state index in [-0.39, 0.29) is 0 Å². The summed E-state index contributed by atoms with van der Waals surface area (Å²) in [5.74, 6) is 0.706. The molecule has 0 aliphatic heterocycles. The van der Waals surface area contributed by atoms with Crippen molar-refractivity contribution in [3.63, 3.8) is 0 Å². The molecule has 0 aromatic carbocycles. The van der Waals surface area contributed by atoms with Gasteiger partial charge >= 0.3 is 0 Å². The minimum Gasteiger partial charge on any atom is -0.230 e. The lowest BCUT2D eigenvalue weighted by Gasteiger charge is -1.99. The van der Waals surface area contributed by atoms with Crippen molar-refractivity contribution in [2.75, 3.05) is 0 Å². The van der Waals surface area contributed by atoms with Gasteiger partial charge in [-0.25, -0.2) is 9.97 Å².